The maximum atomic E-state index is 12.3. The van der Waals surface area contributed by atoms with E-state index in [-0.39, 0.29) is 11.8 Å². The quantitative estimate of drug-likeness (QED) is 0.840. The Hall–Kier alpha value is -1.36. The third-order valence-electron chi connectivity index (χ3n) is 3.82. The predicted molar refractivity (Wildman–Crippen MR) is 70.0 cm³/mol. The van der Waals surface area contributed by atoms with Crippen LogP contribution in [-0.4, -0.2) is 40.6 Å². The van der Waals surface area contributed by atoms with Crippen molar-refractivity contribution in [3.63, 3.8) is 0 Å². The number of nitrogens with zero attached hydrogens (tertiary/aromatic N) is 2. The molecule has 5 nitrogen and oxygen atoms in total. The highest BCUT2D eigenvalue weighted by atomic mass is 16.2. The number of hydrogen-bond acceptors (Lipinski definition) is 3. The maximum absolute atomic E-state index is 12.3. The van der Waals surface area contributed by atoms with Gasteiger partial charge in [0.15, 0.2) is 0 Å². The first-order valence-electron chi connectivity index (χ1n) is 6.74. The predicted octanol–water partition coefficient (Wildman–Crippen LogP) is 1.10. The lowest BCUT2D eigenvalue weighted by Gasteiger charge is -2.34. The molecule has 3 N–H and O–H groups in total. The molecule has 0 bridgehead atoms. The van der Waals surface area contributed by atoms with Gasteiger partial charge in [-0.15, -0.1) is 0 Å². The van der Waals surface area contributed by atoms with Gasteiger partial charge in [-0.25, -0.2) is 0 Å². The molecule has 0 aromatic carbocycles. The van der Waals surface area contributed by atoms with Crippen molar-refractivity contribution < 1.29 is 4.79 Å². The number of nitrogens with two attached hydrogens (primary N) is 1. The van der Waals surface area contributed by atoms with Gasteiger partial charge in [0.1, 0.15) is 0 Å². The Kier molecular flexibility index (Phi) is 4.36. The van der Waals surface area contributed by atoms with E-state index in [1.165, 1.54) is 0 Å². The average Bonchev–Trinajstić information content (AvgIpc) is 2.94. The number of nitrogens with one attached hydrogen (secondary N) is 1. The fourth-order valence-corrected chi connectivity index (χ4v) is 2.63. The first kappa shape index (κ1) is 13.1. The molecule has 1 aliphatic heterocycles. The van der Waals surface area contributed by atoms with Crippen molar-refractivity contribution in [1.29, 1.82) is 0 Å². The Morgan fingerprint density at radius 3 is 3.17 bits per heavy atom. The van der Waals surface area contributed by atoms with Crippen molar-refractivity contribution in [3.05, 3.63) is 18.0 Å². The summed E-state index contributed by atoms with van der Waals surface area (Å²) in [5.41, 5.74) is 6.79. The van der Waals surface area contributed by atoms with Crippen molar-refractivity contribution >= 4 is 5.91 Å². The van der Waals surface area contributed by atoms with Gasteiger partial charge in [-0.1, -0.05) is 6.92 Å². The highest BCUT2D eigenvalue weighted by Gasteiger charge is 2.28. The fourth-order valence-electron chi connectivity index (χ4n) is 2.63. The largest absolute Gasteiger partial charge is 0.342 e. The normalized spacial score (nSPS) is 21.9. The summed E-state index contributed by atoms with van der Waals surface area (Å²) in [4.78, 5) is 14.3. The highest BCUT2D eigenvalue weighted by Crippen LogP contribution is 2.26. The summed E-state index contributed by atoms with van der Waals surface area (Å²) >= 11 is 0. The van der Waals surface area contributed by atoms with Crippen molar-refractivity contribution in [1.82, 2.24) is 15.1 Å². The summed E-state index contributed by atoms with van der Waals surface area (Å²) < 4.78 is 0. The van der Waals surface area contributed by atoms with Crippen LogP contribution in [0, 0.1) is 5.92 Å². The van der Waals surface area contributed by atoms with Gasteiger partial charge in [-0.3, -0.25) is 9.89 Å². The molecule has 0 spiro atoms. The Labute approximate surface area is 108 Å². The van der Waals surface area contributed by atoms with Gasteiger partial charge >= 0.3 is 0 Å². The van der Waals surface area contributed by atoms with Crippen molar-refractivity contribution in [2.75, 3.05) is 19.6 Å². The zero-order valence-electron chi connectivity index (χ0n) is 10.9. The van der Waals surface area contributed by atoms with E-state index in [4.69, 9.17) is 5.73 Å². The lowest BCUT2D eigenvalue weighted by molar-refractivity contribution is -0.136. The molecule has 0 saturated carbocycles. The van der Waals surface area contributed by atoms with E-state index in [9.17, 15) is 4.79 Å². The molecule has 1 aromatic rings. The Morgan fingerprint density at radius 1 is 1.72 bits per heavy atom. The SMILES string of the molecule is CCC(CN)C(=O)N1CCCC(c2ccn[nH]2)C1. The van der Waals surface area contributed by atoms with Crippen LogP contribution in [0.15, 0.2) is 12.3 Å². The number of rotatable bonds is 4. The summed E-state index contributed by atoms with van der Waals surface area (Å²) in [6.07, 6.45) is 4.76. The van der Waals surface area contributed by atoms with E-state index in [1.54, 1.807) is 6.20 Å². The molecule has 1 fully saturated rings. The number of hydrogen-bond donors (Lipinski definition) is 2. The van der Waals surface area contributed by atoms with Crippen LogP contribution in [-0.2, 0) is 4.79 Å². The molecular formula is C13H22N4O. The van der Waals surface area contributed by atoms with Crippen molar-refractivity contribution in [2.45, 2.75) is 32.1 Å². The molecule has 5 heteroatoms. The molecule has 2 unspecified atom stereocenters. The van der Waals surface area contributed by atoms with Crippen LogP contribution in [0.1, 0.15) is 37.8 Å². The molecule has 0 radical (unpaired) electrons. The Morgan fingerprint density at radius 2 is 2.56 bits per heavy atom. The zero-order chi connectivity index (χ0) is 13.0. The molecule has 1 amide bonds. The molecule has 2 heterocycles. The molecule has 0 aliphatic carbocycles. The van der Waals surface area contributed by atoms with Gasteiger partial charge in [-0.2, -0.15) is 5.10 Å². The summed E-state index contributed by atoms with van der Waals surface area (Å²) in [6.45, 7) is 4.11. The van der Waals surface area contributed by atoms with E-state index in [2.05, 4.69) is 10.2 Å². The first-order valence-corrected chi connectivity index (χ1v) is 6.74. The van der Waals surface area contributed by atoms with Crippen molar-refractivity contribution in [3.8, 4) is 0 Å². The minimum absolute atomic E-state index is 0.0227. The monoisotopic (exact) mass is 250 g/mol. The van der Waals surface area contributed by atoms with Gasteiger partial charge in [0.2, 0.25) is 5.91 Å². The van der Waals surface area contributed by atoms with E-state index in [1.807, 2.05) is 17.9 Å². The number of piperidine rings is 1. The van der Waals surface area contributed by atoms with Crippen LogP contribution in [0.3, 0.4) is 0 Å². The number of carbonyl (C=O) groups is 1. The number of aromatic nitrogens is 2. The van der Waals surface area contributed by atoms with Crippen LogP contribution in [0.25, 0.3) is 0 Å². The minimum atomic E-state index is -0.0227. The molecular weight excluding hydrogens is 228 g/mol. The lowest BCUT2D eigenvalue weighted by atomic mass is 9.93. The fraction of sp³-hybridized carbons (Fsp3) is 0.692. The summed E-state index contributed by atoms with van der Waals surface area (Å²) in [5.74, 6) is 0.579. The molecule has 1 aromatic heterocycles. The zero-order valence-corrected chi connectivity index (χ0v) is 10.9. The van der Waals surface area contributed by atoms with Crippen LogP contribution in [0.2, 0.25) is 0 Å². The maximum Gasteiger partial charge on any atom is 0.226 e. The number of likely N-dealkylation sites (tertiary alicyclic amines) is 1. The number of H-pyrrole nitrogens is 1. The number of amides is 1. The standard InChI is InChI=1S/C13H22N4O/c1-2-10(8-14)13(18)17-7-3-4-11(9-17)12-5-6-15-16-12/h5-6,10-11H,2-4,7-9,14H2,1H3,(H,15,16). The lowest BCUT2D eigenvalue weighted by Crippen LogP contribution is -2.44. The van der Waals surface area contributed by atoms with Crippen LogP contribution in [0.4, 0.5) is 0 Å². The first-order chi connectivity index (χ1) is 8.76. The van der Waals surface area contributed by atoms with Gasteiger partial charge in [0, 0.05) is 37.4 Å². The third kappa shape index (κ3) is 2.72. The van der Waals surface area contributed by atoms with Crippen LogP contribution >= 0.6 is 0 Å². The Bertz CT molecular complexity index is 372. The molecule has 100 valence electrons. The average molecular weight is 250 g/mol. The molecule has 2 atom stereocenters. The van der Waals surface area contributed by atoms with E-state index >= 15 is 0 Å². The molecule has 18 heavy (non-hydrogen) atoms. The van der Waals surface area contributed by atoms with E-state index in [0.717, 1.165) is 38.0 Å². The van der Waals surface area contributed by atoms with Gasteiger partial charge in [-0.05, 0) is 25.3 Å². The number of aromatic amines is 1. The molecule has 1 aliphatic rings. The molecule has 2 rings (SSSR count). The van der Waals surface area contributed by atoms with Gasteiger partial charge < -0.3 is 10.6 Å². The smallest absolute Gasteiger partial charge is 0.226 e. The highest BCUT2D eigenvalue weighted by molar-refractivity contribution is 5.79. The third-order valence-corrected chi connectivity index (χ3v) is 3.82. The summed E-state index contributed by atoms with van der Waals surface area (Å²) in [6, 6.07) is 2.00. The van der Waals surface area contributed by atoms with Crippen LogP contribution < -0.4 is 5.73 Å². The van der Waals surface area contributed by atoms with Gasteiger partial charge in [0.05, 0.1) is 5.92 Å². The van der Waals surface area contributed by atoms with Crippen molar-refractivity contribution in [2.24, 2.45) is 11.7 Å². The summed E-state index contributed by atoms with van der Waals surface area (Å²) in [7, 11) is 0. The topological polar surface area (TPSA) is 75.0 Å². The van der Waals surface area contributed by atoms with Crippen LogP contribution in [0.5, 0.6) is 0 Å². The second-order valence-corrected chi connectivity index (χ2v) is 4.98. The Balaban J connectivity index is 2.00. The van der Waals surface area contributed by atoms with Gasteiger partial charge in [0.25, 0.3) is 0 Å². The second kappa shape index (κ2) is 6.00. The minimum Gasteiger partial charge on any atom is -0.342 e. The number of carbonyl (C=O) groups excluding carboxylic acids is 1. The van der Waals surface area contributed by atoms with E-state index in [0.29, 0.717) is 12.5 Å². The molecule has 1 saturated heterocycles. The van der Waals surface area contributed by atoms with E-state index < -0.39 is 0 Å². The second-order valence-electron chi connectivity index (χ2n) is 4.98. The summed E-state index contributed by atoms with van der Waals surface area (Å²) in [5, 5.41) is 7.00.